The Morgan fingerprint density at radius 2 is 1.89 bits per heavy atom. The van der Waals surface area contributed by atoms with Crippen LogP contribution in [0.2, 0.25) is 5.02 Å². The van der Waals surface area contributed by atoms with E-state index in [1.165, 1.54) is 12.8 Å². The third kappa shape index (κ3) is 3.11. The molecule has 3 heteroatoms. The van der Waals surface area contributed by atoms with Gasteiger partial charge in [0.2, 0.25) is 0 Å². The number of hydrogen-bond acceptors (Lipinski definition) is 2. The zero-order chi connectivity index (χ0) is 14.0. The highest BCUT2D eigenvalue weighted by molar-refractivity contribution is 6.33. The van der Waals surface area contributed by atoms with Crippen LogP contribution >= 0.6 is 11.6 Å². The van der Waals surface area contributed by atoms with E-state index in [1.54, 1.807) is 6.07 Å². The molecule has 2 rings (SSSR count). The number of anilines is 1. The van der Waals surface area contributed by atoms with Gasteiger partial charge in [-0.15, -0.1) is 0 Å². The predicted molar refractivity (Wildman–Crippen MR) is 81.2 cm³/mol. The Morgan fingerprint density at radius 1 is 1.26 bits per heavy atom. The van der Waals surface area contributed by atoms with Crippen molar-refractivity contribution < 1.29 is 4.79 Å². The van der Waals surface area contributed by atoms with Gasteiger partial charge in [-0.3, -0.25) is 4.79 Å². The number of nitrogens with zero attached hydrogens (tertiary/aromatic N) is 1. The molecular formula is C16H22ClNO. The molecule has 0 aliphatic carbocycles. The molecule has 19 heavy (non-hydrogen) atoms. The van der Waals surface area contributed by atoms with Crippen LogP contribution in [0, 0.1) is 11.3 Å². The lowest BCUT2D eigenvalue weighted by molar-refractivity contribution is 0.112. The second kappa shape index (κ2) is 5.54. The lowest BCUT2D eigenvalue weighted by Crippen LogP contribution is -2.38. The van der Waals surface area contributed by atoms with E-state index in [-0.39, 0.29) is 0 Å². The van der Waals surface area contributed by atoms with Gasteiger partial charge in [0.25, 0.3) is 0 Å². The van der Waals surface area contributed by atoms with Crippen molar-refractivity contribution in [1.29, 1.82) is 0 Å². The van der Waals surface area contributed by atoms with Gasteiger partial charge in [-0.05, 0) is 36.3 Å². The minimum Gasteiger partial charge on any atom is -0.371 e. The van der Waals surface area contributed by atoms with Gasteiger partial charge < -0.3 is 4.90 Å². The van der Waals surface area contributed by atoms with E-state index in [1.807, 2.05) is 12.1 Å². The summed E-state index contributed by atoms with van der Waals surface area (Å²) in [5.74, 6) is 0.752. The van der Waals surface area contributed by atoms with Gasteiger partial charge >= 0.3 is 0 Å². The Kier molecular flexibility index (Phi) is 4.19. The molecule has 0 unspecified atom stereocenters. The molecule has 1 aromatic rings. The first-order valence-electron chi connectivity index (χ1n) is 6.92. The molecule has 0 spiro atoms. The van der Waals surface area contributed by atoms with Crippen LogP contribution in [0.25, 0.3) is 0 Å². The number of hydrogen-bond donors (Lipinski definition) is 0. The molecule has 1 saturated heterocycles. The summed E-state index contributed by atoms with van der Waals surface area (Å²) in [4.78, 5) is 13.5. The Morgan fingerprint density at radius 3 is 2.42 bits per heavy atom. The largest absolute Gasteiger partial charge is 0.371 e. The highest BCUT2D eigenvalue weighted by atomic mass is 35.5. The van der Waals surface area contributed by atoms with E-state index in [9.17, 15) is 4.79 Å². The highest BCUT2D eigenvalue weighted by Crippen LogP contribution is 2.36. The molecule has 1 aliphatic heterocycles. The third-order valence-electron chi connectivity index (χ3n) is 4.21. The van der Waals surface area contributed by atoms with Crippen molar-refractivity contribution >= 4 is 23.6 Å². The standard InChI is InChI=1S/C16H22ClNO/c1-16(2,3)12-7-9-18(10-8-12)15-6-4-5-14(17)13(15)11-19/h4-6,11-12H,7-10H2,1-3H3. The molecule has 1 heterocycles. The van der Waals surface area contributed by atoms with Gasteiger partial charge in [0.15, 0.2) is 6.29 Å². The quantitative estimate of drug-likeness (QED) is 0.747. The van der Waals surface area contributed by atoms with Crippen molar-refractivity contribution in [1.82, 2.24) is 0 Å². The van der Waals surface area contributed by atoms with Gasteiger partial charge in [-0.1, -0.05) is 38.4 Å². The second-order valence-electron chi connectivity index (χ2n) is 6.42. The first-order valence-corrected chi connectivity index (χ1v) is 7.30. The molecule has 0 saturated carbocycles. The summed E-state index contributed by atoms with van der Waals surface area (Å²) in [6.45, 7) is 8.93. The van der Waals surface area contributed by atoms with Crippen LogP contribution in [0.15, 0.2) is 18.2 Å². The van der Waals surface area contributed by atoms with Crippen LogP contribution in [0.4, 0.5) is 5.69 Å². The third-order valence-corrected chi connectivity index (χ3v) is 4.54. The number of piperidine rings is 1. The summed E-state index contributed by atoms with van der Waals surface area (Å²) in [5, 5.41) is 0.547. The number of carbonyl (C=O) groups excluding carboxylic acids is 1. The highest BCUT2D eigenvalue weighted by Gasteiger charge is 2.29. The van der Waals surface area contributed by atoms with E-state index in [0.29, 0.717) is 16.0 Å². The monoisotopic (exact) mass is 279 g/mol. The van der Waals surface area contributed by atoms with Crippen molar-refractivity contribution in [3.8, 4) is 0 Å². The Balaban J connectivity index is 2.14. The number of carbonyl (C=O) groups is 1. The molecule has 0 atom stereocenters. The zero-order valence-corrected chi connectivity index (χ0v) is 12.7. The molecule has 0 N–H and O–H groups in total. The van der Waals surface area contributed by atoms with Crippen LogP contribution in [0.3, 0.4) is 0 Å². The van der Waals surface area contributed by atoms with Crippen molar-refractivity contribution in [2.45, 2.75) is 33.6 Å². The SMILES string of the molecule is CC(C)(C)C1CCN(c2cccc(Cl)c2C=O)CC1. The number of rotatable bonds is 2. The smallest absolute Gasteiger partial charge is 0.153 e. The van der Waals surface area contributed by atoms with Crippen LogP contribution < -0.4 is 4.90 Å². The van der Waals surface area contributed by atoms with Crippen molar-refractivity contribution in [2.75, 3.05) is 18.0 Å². The zero-order valence-electron chi connectivity index (χ0n) is 11.9. The summed E-state index contributed by atoms with van der Waals surface area (Å²) in [5.41, 5.74) is 1.97. The fourth-order valence-corrected chi connectivity index (χ4v) is 3.12. The number of halogens is 1. The predicted octanol–water partition coefficient (Wildman–Crippen LogP) is 4.42. The fraction of sp³-hybridized carbons (Fsp3) is 0.562. The molecular weight excluding hydrogens is 258 g/mol. The number of aldehydes is 1. The topological polar surface area (TPSA) is 20.3 Å². The normalized spacial score (nSPS) is 17.6. The van der Waals surface area contributed by atoms with Crippen molar-refractivity contribution in [3.63, 3.8) is 0 Å². The fourth-order valence-electron chi connectivity index (χ4n) is 2.90. The van der Waals surface area contributed by atoms with Gasteiger partial charge in [0.05, 0.1) is 10.6 Å². The van der Waals surface area contributed by atoms with E-state index in [4.69, 9.17) is 11.6 Å². The van der Waals surface area contributed by atoms with Gasteiger partial charge in [0, 0.05) is 18.8 Å². The minimum atomic E-state index is 0.369. The van der Waals surface area contributed by atoms with E-state index in [0.717, 1.165) is 31.0 Å². The van der Waals surface area contributed by atoms with Gasteiger partial charge in [-0.2, -0.15) is 0 Å². The van der Waals surface area contributed by atoms with Gasteiger partial charge in [0.1, 0.15) is 0 Å². The van der Waals surface area contributed by atoms with Crippen molar-refractivity contribution in [3.05, 3.63) is 28.8 Å². The molecule has 1 aromatic carbocycles. The van der Waals surface area contributed by atoms with Crippen LogP contribution in [-0.2, 0) is 0 Å². The Hall–Kier alpha value is -1.02. The summed E-state index contributed by atoms with van der Waals surface area (Å²) in [7, 11) is 0. The van der Waals surface area contributed by atoms with Crippen LogP contribution in [-0.4, -0.2) is 19.4 Å². The molecule has 0 radical (unpaired) electrons. The lowest BCUT2D eigenvalue weighted by atomic mass is 9.75. The maximum atomic E-state index is 11.2. The lowest BCUT2D eigenvalue weighted by Gasteiger charge is -2.40. The summed E-state index contributed by atoms with van der Waals surface area (Å²) < 4.78 is 0. The molecule has 2 nitrogen and oxygen atoms in total. The molecule has 1 aliphatic rings. The van der Waals surface area contributed by atoms with Crippen molar-refractivity contribution in [2.24, 2.45) is 11.3 Å². The maximum absolute atomic E-state index is 11.2. The molecule has 0 bridgehead atoms. The van der Waals surface area contributed by atoms with Crippen LogP contribution in [0.5, 0.6) is 0 Å². The summed E-state index contributed by atoms with van der Waals surface area (Å²) >= 11 is 6.09. The van der Waals surface area contributed by atoms with E-state index in [2.05, 4.69) is 25.7 Å². The molecule has 0 aromatic heterocycles. The second-order valence-corrected chi connectivity index (χ2v) is 6.83. The Labute approximate surface area is 120 Å². The van der Waals surface area contributed by atoms with E-state index < -0.39 is 0 Å². The summed E-state index contributed by atoms with van der Waals surface area (Å²) in [6, 6.07) is 5.68. The molecule has 1 fully saturated rings. The molecule has 104 valence electrons. The van der Waals surface area contributed by atoms with Gasteiger partial charge in [-0.25, -0.2) is 0 Å². The minimum absolute atomic E-state index is 0.369. The average Bonchev–Trinajstić information content (AvgIpc) is 2.37. The maximum Gasteiger partial charge on any atom is 0.153 e. The first kappa shape index (κ1) is 14.4. The number of benzene rings is 1. The Bertz CT molecular complexity index is 456. The summed E-state index contributed by atoms with van der Waals surface area (Å²) in [6.07, 6.45) is 3.22. The van der Waals surface area contributed by atoms with E-state index >= 15 is 0 Å². The molecule has 0 amide bonds. The first-order chi connectivity index (χ1) is 8.93. The van der Waals surface area contributed by atoms with Crippen LogP contribution in [0.1, 0.15) is 44.0 Å². The average molecular weight is 280 g/mol.